The molecule has 26 heavy (non-hydrogen) atoms. The van der Waals surface area contributed by atoms with E-state index in [0.29, 0.717) is 24.7 Å². The number of carbonyl (C=O) groups excluding carboxylic acids is 1. The fraction of sp³-hybridized carbons (Fsp3) is 0.579. The van der Waals surface area contributed by atoms with Gasteiger partial charge in [-0.15, -0.1) is 0 Å². The topological polar surface area (TPSA) is 38.8 Å². The SMILES string of the molecule is C[C@@H]1CC(C)(C)NC(=S)N1CC(=O)N1CCN(c2ccc(F)cc2)CC1. The van der Waals surface area contributed by atoms with Crippen molar-refractivity contribution in [2.75, 3.05) is 37.6 Å². The van der Waals surface area contributed by atoms with Crippen molar-refractivity contribution in [1.82, 2.24) is 15.1 Å². The van der Waals surface area contributed by atoms with E-state index in [1.165, 1.54) is 12.1 Å². The van der Waals surface area contributed by atoms with Crippen LogP contribution in [0.25, 0.3) is 0 Å². The Kier molecular flexibility index (Phi) is 5.37. The van der Waals surface area contributed by atoms with Crippen LogP contribution in [0.2, 0.25) is 0 Å². The van der Waals surface area contributed by atoms with Crippen molar-refractivity contribution in [1.29, 1.82) is 0 Å². The van der Waals surface area contributed by atoms with E-state index in [2.05, 4.69) is 31.0 Å². The molecular formula is C19H27FN4OS. The largest absolute Gasteiger partial charge is 0.368 e. The Labute approximate surface area is 160 Å². The lowest BCUT2D eigenvalue weighted by atomic mass is 9.93. The summed E-state index contributed by atoms with van der Waals surface area (Å²) in [6.45, 7) is 9.54. The Balaban J connectivity index is 1.54. The van der Waals surface area contributed by atoms with Crippen molar-refractivity contribution in [3.8, 4) is 0 Å². The number of hydrogen-bond donors (Lipinski definition) is 1. The number of nitrogens with zero attached hydrogens (tertiary/aromatic N) is 3. The van der Waals surface area contributed by atoms with Crippen molar-refractivity contribution < 1.29 is 9.18 Å². The minimum Gasteiger partial charge on any atom is -0.368 e. The molecule has 1 aromatic rings. The maximum Gasteiger partial charge on any atom is 0.242 e. The summed E-state index contributed by atoms with van der Waals surface area (Å²) in [5.41, 5.74) is 0.965. The van der Waals surface area contributed by atoms with E-state index in [0.717, 1.165) is 25.2 Å². The summed E-state index contributed by atoms with van der Waals surface area (Å²) in [4.78, 5) is 18.8. The molecule has 7 heteroatoms. The predicted molar refractivity (Wildman–Crippen MR) is 106 cm³/mol. The summed E-state index contributed by atoms with van der Waals surface area (Å²) in [5, 5.41) is 3.98. The molecule has 3 rings (SSSR count). The average molecular weight is 379 g/mol. The zero-order chi connectivity index (χ0) is 18.9. The summed E-state index contributed by atoms with van der Waals surface area (Å²) in [7, 11) is 0. The molecule has 142 valence electrons. The van der Waals surface area contributed by atoms with Crippen molar-refractivity contribution in [2.45, 2.75) is 38.8 Å². The molecule has 2 aliphatic heterocycles. The molecule has 0 saturated carbocycles. The van der Waals surface area contributed by atoms with Crippen LogP contribution in [0.5, 0.6) is 0 Å². The number of hydrogen-bond acceptors (Lipinski definition) is 3. The molecule has 0 radical (unpaired) electrons. The third-order valence-corrected chi connectivity index (χ3v) is 5.51. The molecule has 0 aliphatic carbocycles. The number of halogens is 1. The molecule has 2 fully saturated rings. The normalized spacial score (nSPS) is 23.0. The van der Waals surface area contributed by atoms with Crippen LogP contribution >= 0.6 is 12.2 Å². The summed E-state index contributed by atoms with van der Waals surface area (Å²) < 4.78 is 13.1. The number of anilines is 1. The van der Waals surface area contributed by atoms with Crippen LogP contribution in [0.1, 0.15) is 27.2 Å². The van der Waals surface area contributed by atoms with E-state index in [-0.39, 0.29) is 23.3 Å². The van der Waals surface area contributed by atoms with Crippen LogP contribution in [0, 0.1) is 5.82 Å². The molecule has 2 saturated heterocycles. The molecular weight excluding hydrogens is 351 g/mol. The van der Waals surface area contributed by atoms with E-state index >= 15 is 0 Å². The second-order valence-corrected chi connectivity index (χ2v) is 8.23. The molecule has 1 N–H and O–H groups in total. The number of amides is 1. The van der Waals surface area contributed by atoms with Crippen LogP contribution in [0.3, 0.4) is 0 Å². The molecule has 2 heterocycles. The van der Waals surface area contributed by atoms with E-state index in [9.17, 15) is 9.18 Å². The van der Waals surface area contributed by atoms with Gasteiger partial charge in [0.15, 0.2) is 5.11 Å². The van der Waals surface area contributed by atoms with Crippen LogP contribution in [0.15, 0.2) is 24.3 Å². The van der Waals surface area contributed by atoms with E-state index in [1.54, 1.807) is 12.1 Å². The maximum absolute atomic E-state index is 13.1. The van der Waals surface area contributed by atoms with Crippen molar-refractivity contribution in [3.05, 3.63) is 30.1 Å². The average Bonchev–Trinajstić information content (AvgIpc) is 2.58. The van der Waals surface area contributed by atoms with Crippen molar-refractivity contribution in [3.63, 3.8) is 0 Å². The lowest BCUT2D eigenvalue weighted by Crippen LogP contribution is -2.62. The van der Waals surface area contributed by atoms with Gasteiger partial charge in [0.05, 0.1) is 6.54 Å². The van der Waals surface area contributed by atoms with E-state index in [4.69, 9.17) is 12.2 Å². The number of nitrogens with one attached hydrogen (secondary N) is 1. The second-order valence-electron chi connectivity index (χ2n) is 7.84. The summed E-state index contributed by atoms with van der Waals surface area (Å²) >= 11 is 5.47. The van der Waals surface area contributed by atoms with E-state index in [1.807, 2.05) is 9.80 Å². The Morgan fingerprint density at radius 1 is 1.23 bits per heavy atom. The molecule has 5 nitrogen and oxygen atoms in total. The van der Waals surface area contributed by atoms with Gasteiger partial charge >= 0.3 is 0 Å². The monoisotopic (exact) mass is 378 g/mol. The summed E-state index contributed by atoms with van der Waals surface area (Å²) in [6, 6.07) is 6.76. The Morgan fingerprint density at radius 2 is 1.85 bits per heavy atom. The smallest absolute Gasteiger partial charge is 0.242 e. The first kappa shape index (κ1) is 18.9. The lowest BCUT2D eigenvalue weighted by molar-refractivity contribution is -0.132. The minimum atomic E-state index is -0.231. The van der Waals surface area contributed by atoms with Gasteiger partial charge in [-0.1, -0.05) is 0 Å². The van der Waals surface area contributed by atoms with Gasteiger partial charge in [0.25, 0.3) is 0 Å². The first-order valence-electron chi connectivity index (χ1n) is 9.12. The van der Waals surface area contributed by atoms with Crippen LogP contribution in [0.4, 0.5) is 10.1 Å². The Bertz CT molecular complexity index is 671. The molecule has 0 unspecified atom stereocenters. The third kappa shape index (κ3) is 4.26. The van der Waals surface area contributed by atoms with Crippen molar-refractivity contribution in [2.24, 2.45) is 0 Å². The van der Waals surface area contributed by atoms with Gasteiger partial charge in [-0.25, -0.2) is 4.39 Å². The van der Waals surface area contributed by atoms with Gasteiger partial charge in [-0.2, -0.15) is 0 Å². The quantitative estimate of drug-likeness (QED) is 0.817. The zero-order valence-electron chi connectivity index (χ0n) is 15.7. The highest BCUT2D eigenvalue weighted by Crippen LogP contribution is 2.22. The lowest BCUT2D eigenvalue weighted by Gasteiger charge is -2.45. The molecule has 1 aromatic carbocycles. The first-order chi connectivity index (χ1) is 12.2. The van der Waals surface area contributed by atoms with Gasteiger partial charge in [-0.05, 0) is 63.7 Å². The standard InChI is InChI=1S/C19H27FN4OS/c1-14-12-19(2,3)21-18(26)24(14)13-17(25)23-10-8-22(9-11-23)16-6-4-15(20)5-7-16/h4-7,14H,8-13H2,1-3H3,(H,21,26)/t14-/m1/s1. The van der Waals surface area contributed by atoms with E-state index < -0.39 is 0 Å². The summed E-state index contributed by atoms with van der Waals surface area (Å²) in [5.74, 6) is -0.120. The molecule has 0 spiro atoms. The minimum absolute atomic E-state index is 0.0309. The van der Waals surface area contributed by atoms with Crippen molar-refractivity contribution >= 4 is 28.9 Å². The summed E-state index contributed by atoms with van der Waals surface area (Å²) in [6.07, 6.45) is 0.943. The first-order valence-corrected chi connectivity index (χ1v) is 9.53. The zero-order valence-corrected chi connectivity index (χ0v) is 16.5. The van der Waals surface area contributed by atoms with Crippen LogP contribution in [-0.2, 0) is 4.79 Å². The maximum atomic E-state index is 13.1. The molecule has 2 aliphatic rings. The number of piperazine rings is 1. The van der Waals surface area contributed by atoms with Crippen LogP contribution < -0.4 is 10.2 Å². The van der Waals surface area contributed by atoms with Gasteiger partial charge in [0.1, 0.15) is 5.82 Å². The Morgan fingerprint density at radius 3 is 2.42 bits per heavy atom. The third-order valence-electron chi connectivity index (χ3n) is 5.17. The number of thiocarbonyl (C=S) groups is 1. The fourth-order valence-electron chi connectivity index (χ4n) is 3.80. The number of benzene rings is 1. The van der Waals surface area contributed by atoms with Crippen LogP contribution in [-0.4, -0.2) is 65.1 Å². The van der Waals surface area contributed by atoms with Gasteiger partial charge in [0.2, 0.25) is 5.91 Å². The molecule has 0 aromatic heterocycles. The van der Waals surface area contributed by atoms with Gasteiger partial charge < -0.3 is 20.0 Å². The fourth-order valence-corrected chi connectivity index (χ4v) is 4.32. The van der Waals surface area contributed by atoms with Gasteiger partial charge in [-0.3, -0.25) is 4.79 Å². The molecule has 1 atom stereocenters. The highest BCUT2D eigenvalue weighted by Gasteiger charge is 2.35. The number of carbonyl (C=O) groups is 1. The molecule has 1 amide bonds. The highest BCUT2D eigenvalue weighted by molar-refractivity contribution is 7.80. The molecule has 0 bridgehead atoms. The second kappa shape index (κ2) is 7.39. The Hall–Kier alpha value is -1.89. The number of rotatable bonds is 3. The van der Waals surface area contributed by atoms with Gasteiger partial charge in [0, 0.05) is 43.4 Å². The highest BCUT2D eigenvalue weighted by atomic mass is 32.1. The predicted octanol–water partition coefficient (Wildman–Crippen LogP) is 2.22.